The number of halogens is 1. The molecule has 0 aliphatic rings. The minimum atomic E-state index is -0.303. The number of hydrogen-bond acceptors (Lipinski definition) is 4. The molecule has 1 amide bonds. The number of hydrogen-bond donors (Lipinski definition) is 2. The van der Waals surface area contributed by atoms with E-state index in [9.17, 15) is 9.18 Å². The van der Waals surface area contributed by atoms with E-state index in [2.05, 4.69) is 20.8 Å². The molecule has 0 aliphatic heterocycles. The predicted octanol–water partition coefficient (Wildman–Crippen LogP) is 1.69. The molecule has 0 spiro atoms. The highest BCUT2D eigenvalue weighted by Crippen LogP contribution is 2.03. The molecule has 0 radical (unpaired) electrons. The largest absolute Gasteiger partial charge is 0.367 e. The zero-order valence-electron chi connectivity index (χ0n) is 11.8. The maximum absolute atomic E-state index is 12.7. The van der Waals surface area contributed by atoms with Crippen LogP contribution in [0.15, 0.2) is 36.4 Å². The van der Waals surface area contributed by atoms with Gasteiger partial charge in [0.25, 0.3) is 0 Å². The number of aryl methyl sites for hydroxylation is 1. The van der Waals surface area contributed by atoms with E-state index in [1.807, 2.05) is 19.1 Å². The van der Waals surface area contributed by atoms with E-state index >= 15 is 0 Å². The number of nitrogens with zero attached hydrogens (tertiary/aromatic N) is 2. The van der Waals surface area contributed by atoms with Crippen molar-refractivity contribution in [3.63, 3.8) is 0 Å². The molecule has 0 unspecified atom stereocenters. The molecule has 1 aromatic heterocycles. The minimum Gasteiger partial charge on any atom is -0.367 e. The first-order valence-corrected chi connectivity index (χ1v) is 6.69. The fraction of sp³-hybridized carbons (Fsp3) is 0.267. The summed E-state index contributed by atoms with van der Waals surface area (Å²) in [6.45, 7) is 2.91. The monoisotopic (exact) mass is 288 g/mol. The fourth-order valence-corrected chi connectivity index (χ4v) is 1.74. The van der Waals surface area contributed by atoms with Gasteiger partial charge in [-0.25, -0.2) is 4.39 Å². The molecule has 0 bridgehead atoms. The van der Waals surface area contributed by atoms with Gasteiger partial charge in [-0.1, -0.05) is 12.1 Å². The number of rotatable bonds is 6. The Morgan fingerprint density at radius 3 is 2.52 bits per heavy atom. The highest BCUT2D eigenvalue weighted by atomic mass is 19.1. The third kappa shape index (κ3) is 5.18. The van der Waals surface area contributed by atoms with Gasteiger partial charge < -0.3 is 10.6 Å². The first kappa shape index (κ1) is 14.9. The fourth-order valence-electron chi connectivity index (χ4n) is 1.74. The summed E-state index contributed by atoms with van der Waals surface area (Å²) in [6.07, 6.45) is 0.241. The molecule has 5 nitrogen and oxygen atoms in total. The lowest BCUT2D eigenvalue weighted by Crippen LogP contribution is -2.30. The highest BCUT2D eigenvalue weighted by molar-refractivity contribution is 5.78. The molecule has 0 saturated carbocycles. The van der Waals surface area contributed by atoms with E-state index in [-0.39, 0.29) is 18.1 Å². The van der Waals surface area contributed by atoms with E-state index in [0.29, 0.717) is 18.9 Å². The summed E-state index contributed by atoms with van der Waals surface area (Å²) in [5.41, 5.74) is 1.64. The van der Waals surface area contributed by atoms with Crippen molar-refractivity contribution in [2.45, 2.75) is 13.3 Å². The molecule has 0 aliphatic carbocycles. The second-order valence-corrected chi connectivity index (χ2v) is 4.64. The van der Waals surface area contributed by atoms with Crippen LogP contribution in [0.4, 0.5) is 10.2 Å². The van der Waals surface area contributed by atoms with Crippen LogP contribution in [-0.4, -0.2) is 29.2 Å². The third-order valence-electron chi connectivity index (χ3n) is 2.83. The topological polar surface area (TPSA) is 66.9 Å². The lowest BCUT2D eigenvalue weighted by atomic mass is 10.1. The van der Waals surface area contributed by atoms with Gasteiger partial charge in [0, 0.05) is 13.1 Å². The summed E-state index contributed by atoms with van der Waals surface area (Å²) < 4.78 is 12.7. The van der Waals surface area contributed by atoms with Crippen LogP contribution in [0.1, 0.15) is 11.3 Å². The lowest BCUT2D eigenvalue weighted by molar-refractivity contribution is -0.120. The van der Waals surface area contributed by atoms with Gasteiger partial charge in [-0.05, 0) is 36.8 Å². The first-order chi connectivity index (χ1) is 10.1. The van der Waals surface area contributed by atoms with Crippen LogP contribution in [0.2, 0.25) is 0 Å². The van der Waals surface area contributed by atoms with Gasteiger partial charge in [0.05, 0.1) is 12.1 Å². The van der Waals surface area contributed by atoms with Crippen molar-refractivity contribution < 1.29 is 9.18 Å². The van der Waals surface area contributed by atoms with Gasteiger partial charge >= 0.3 is 0 Å². The standard InChI is InChI=1S/C15H17FN4O/c1-11-2-7-14(20-19-11)17-8-9-18-15(21)10-12-3-5-13(16)6-4-12/h2-7H,8-10H2,1H3,(H,17,20)(H,18,21). The Bertz CT molecular complexity index is 584. The highest BCUT2D eigenvalue weighted by Gasteiger charge is 2.03. The van der Waals surface area contributed by atoms with Gasteiger partial charge in [0.2, 0.25) is 5.91 Å². The normalized spacial score (nSPS) is 10.2. The van der Waals surface area contributed by atoms with Crippen LogP contribution in [-0.2, 0) is 11.2 Å². The summed E-state index contributed by atoms with van der Waals surface area (Å²) in [6, 6.07) is 9.61. The molecule has 2 N–H and O–H groups in total. The van der Waals surface area contributed by atoms with Crippen LogP contribution in [0.25, 0.3) is 0 Å². The summed E-state index contributed by atoms with van der Waals surface area (Å²) in [5.74, 6) is 0.273. The summed E-state index contributed by atoms with van der Waals surface area (Å²) in [5, 5.41) is 13.7. The van der Waals surface area contributed by atoms with Crippen molar-refractivity contribution in [2.75, 3.05) is 18.4 Å². The van der Waals surface area contributed by atoms with E-state index in [1.165, 1.54) is 12.1 Å². The Labute approximate surface area is 122 Å². The Hall–Kier alpha value is -2.50. The average Bonchev–Trinajstić information content (AvgIpc) is 2.48. The molecule has 21 heavy (non-hydrogen) atoms. The Kier molecular flexibility index (Phi) is 5.20. The molecule has 1 aromatic carbocycles. The summed E-state index contributed by atoms with van der Waals surface area (Å²) in [7, 11) is 0. The molecule has 0 atom stereocenters. The van der Waals surface area contributed by atoms with Crippen LogP contribution in [0.3, 0.4) is 0 Å². The number of carbonyl (C=O) groups excluding carboxylic acids is 1. The van der Waals surface area contributed by atoms with Gasteiger partial charge in [-0.2, -0.15) is 5.10 Å². The number of anilines is 1. The molecule has 6 heteroatoms. The van der Waals surface area contributed by atoms with Crippen molar-refractivity contribution in [2.24, 2.45) is 0 Å². The van der Waals surface area contributed by atoms with Crippen molar-refractivity contribution in [3.8, 4) is 0 Å². The second-order valence-electron chi connectivity index (χ2n) is 4.64. The Morgan fingerprint density at radius 1 is 1.10 bits per heavy atom. The summed E-state index contributed by atoms with van der Waals surface area (Å²) in [4.78, 5) is 11.7. The zero-order valence-corrected chi connectivity index (χ0v) is 11.8. The van der Waals surface area contributed by atoms with Crippen molar-refractivity contribution >= 4 is 11.7 Å². The summed E-state index contributed by atoms with van der Waals surface area (Å²) >= 11 is 0. The molecular weight excluding hydrogens is 271 g/mol. The van der Waals surface area contributed by atoms with Gasteiger partial charge in [-0.3, -0.25) is 4.79 Å². The average molecular weight is 288 g/mol. The maximum Gasteiger partial charge on any atom is 0.224 e. The maximum atomic E-state index is 12.7. The Balaban J connectivity index is 1.67. The molecule has 2 rings (SSSR count). The predicted molar refractivity (Wildman–Crippen MR) is 78.4 cm³/mol. The number of nitrogens with one attached hydrogen (secondary N) is 2. The van der Waals surface area contributed by atoms with Crippen LogP contribution in [0.5, 0.6) is 0 Å². The van der Waals surface area contributed by atoms with Crippen LogP contribution < -0.4 is 10.6 Å². The van der Waals surface area contributed by atoms with Crippen molar-refractivity contribution in [3.05, 3.63) is 53.5 Å². The van der Waals surface area contributed by atoms with Crippen molar-refractivity contribution in [1.82, 2.24) is 15.5 Å². The molecule has 2 aromatic rings. The quantitative estimate of drug-likeness (QED) is 0.794. The number of carbonyl (C=O) groups is 1. The zero-order chi connectivity index (χ0) is 15.1. The van der Waals surface area contributed by atoms with E-state index < -0.39 is 0 Å². The minimum absolute atomic E-state index is 0.0987. The van der Waals surface area contributed by atoms with E-state index in [0.717, 1.165) is 11.3 Å². The first-order valence-electron chi connectivity index (χ1n) is 6.69. The number of benzene rings is 1. The lowest BCUT2D eigenvalue weighted by Gasteiger charge is -2.07. The smallest absolute Gasteiger partial charge is 0.224 e. The van der Waals surface area contributed by atoms with Crippen LogP contribution >= 0.6 is 0 Å². The second kappa shape index (κ2) is 7.33. The molecule has 1 heterocycles. The third-order valence-corrected chi connectivity index (χ3v) is 2.83. The van der Waals surface area contributed by atoms with E-state index in [4.69, 9.17) is 0 Å². The van der Waals surface area contributed by atoms with Gasteiger partial charge in [-0.15, -0.1) is 5.10 Å². The SMILES string of the molecule is Cc1ccc(NCCNC(=O)Cc2ccc(F)cc2)nn1. The molecular formula is C15H17FN4O. The molecule has 0 saturated heterocycles. The van der Waals surface area contributed by atoms with Gasteiger partial charge in [0.15, 0.2) is 0 Å². The number of aromatic nitrogens is 2. The molecule has 0 fully saturated rings. The molecule has 110 valence electrons. The van der Waals surface area contributed by atoms with Crippen molar-refractivity contribution in [1.29, 1.82) is 0 Å². The Morgan fingerprint density at radius 2 is 1.86 bits per heavy atom. The van der Waals surface area contributed by atoms with Crippen LogP contribution in [0, 0.1) is 12.7 Å². The van der Waals surface area contributed by atoms with E-state index in [1.54, 1.807) is 12.1 Å². The number of amides is 1. The van der Waals surface area contributed by atoms with Gasteiger partial charge in [0.1, 0.15) is 11.6 Å².